The van der Waals surface area contributed by atoms with Crippen LogP contribution in [0.15, 0.2) is 0 Å². The number of rotatable bonds is 23. The van der Waals surface area contributed by atoms with Gasteiger partial charge in [-0.15, -0.1) is 0 Å². The van der Waals surface area contributed by atoms with Crippen molar-refractivity contribution in [3.05, 3.63) is 0 Å². The summed E-state index contributed by atoms with van der Waals surface area (Å²) >= 11 is 0. The van der Waals surface area contributed by atoms with Crippen LogP contribution in [0.5, 0.6) is 0 Å². The van der Waals surface area contributed by atoms with E-state index in [1.807, 2.05) is 0 Å². The van der Waals surface area contributed by atoms with Gasteiger partial charge in [-0.25, -0.2) is 4.39 Å². The van der Waals surface area contributed by atoms with Gasteiger partial charge in [-0.05, 0) is 19.3 Å². The molecule has 164 valence electrons. The molecule has 0 heterocycles. The SMILES string of the molecule is CCCCCCCCCCCCCCCCC(F)CCCCCCCCO. The highest BCUT2D eigenvalue weighted by molar-refractivity contribution is 4.58. The Morgan fingerprint density at radius 3 is 1.11 bits per heavy atom. The van der Waals surface area contributed by atoms with Crippen molar-refractivity contribution in [1.29, 1.82) is 0 Å². The van der Waals surface area contributed by atoms with Crippen molar-refractivity contribution < 1.29 is 9.50 Å². The van der Waals surface area contributed by atoms with Crippen LogP contribution in [0.3, 0.4) is 0 Å². The quantitative estimate of drug-likeness (QED) is 0.174. The van der Waals surface area contributed by atoms with Gasteiger partial charge in [-0.3, -0.25) is 0 Å². The Hall–Kier alpha value is -0.110. The van der Waals surface area contributed by atoms with E-state index < -0.39 is 6.17 Å². The lowest BCUT2D eigenvalue weighted by molar-refractivity contribution is 0.275. The lowest BCUT2D eigenvalue weighted by atomic mass is 10.0. The molecule has 1 N–H and O–H groups in total. The zero-order chi connectivity index (χ0) is 19.8. The van der Waals surface area contributed by atoms with Gasteiger partial charge >= 0.3 is 0 Å². The fourth-order valence-electron chi connectivity index (χ4n) is 3.89. The van der Waals surface area contributed by atoms with Crippen molar-refractivity contribution in [2.24, 2.45) is 0 Å². The van der Waals surface area contributed by atoms with Crippen molar-refractivity contribution >= 4 is 0 Å². The van der Waals surface area contributed by atoms with E-state index in [0.29, 0.717) is 6.61 Å². The highest BCUT2D eigenvalue weighted by Gasteiger charge is 2.05. The van der Waals surface area contributed by atoms with Crippen molar-refractivity contribution in [1.82, 2.24) is 0 Å². The van der Waals surface area contributed by atoms with E-state index in [4.69, 9.17) is 5.11 Å². The first-order valence-corrected chi connectivity index (χ1v) is 12.6. The van der Waals surface area contributed by atoms with Crippen LogP contribution in [0.4, 0.5) is 4.39 Å². The molecule has 0 bridgehead atoms. The molecule has 0 fully saturated rings. The third-order valence-corrected chi connectivity index (χ3v) is 5.80. The second-order valence-electron chi connectivity index (χ2n) is 8.62. The molecule has 0 aromatic heterocycles. The van der Waals surface area contributed by atoms with Crippen LogP contribution in [-0.2, 0) is 0 Å². The van der Waals surface area contributed by atoms with Gasteiger partial charge in [0.25, 0.3) is 0 Å². The maximum Gasteiger partial charge on any atom is 0.100 e. The van der Waals surface area contributed by atoms with Gasteiger partial charge in [0.05, 0.1) is 0 Å². The molecule has 0 aliphatic heterocycles. The molecule has 1 nitrogen and oxygen atoms in total. The number of hydrogen-bond donors (Lipinski definition) is 1. The maximum atomic E-state index is 13.8. The first-order chi connectivity index (χ1) is 13.3. The highest BCUT2D eigenvalue weighted by Crippen LogP contribution is 2.17. The largest absolute Gasteiger partial charge is 0.396 e. The van der Waals surface area contributed by atoms with Crippen molar-refractivity contribution in [2.45, 2.75) is 154 Å². The normalized spacial score (nSPS) is 12.6. The molecule has 1 unspecified atom stereocenters. The van der Waals surface area contributed by atoms with E-state index in [0.717, 1.165) is 44.9 Å². The van der Waals surface area contributed by atoms with Gasteiger partial charge in [-0.1, -0.05) is 129 Å². The maximum absolute atomic E-state index is 13.8. The Kier molecular flexibility index (Phi) is 23.8. The minimum Gasteiger partial charge on any atom is -0.396 e. The monoisotopic (exact) mass is 386 g/mol. The summed E-state index contributed by atoms with van der Waals surface area (Å²) in [6.45, 7) is 2.59. The molecule has 0 aromatic carbocycles. The molecule has 0 radical (unpaired) electrons. The number of unbranched alkanes of at least 4 members (excludes halogenated alkanes) is 18. The van der Waals surface area contributed by atoms with Gasteiger partial charge in [0, 0.05) is 6.61 Å². The van der Waals surface area contributed by atoms with Crippen LogP contribution in [-0.4, -0.2) is 17.9 Å². The Morgan fingerprint density at radius 2 is 0.778 bits per heavy atom. The van der Waals surface area contributed by atoms with Gasteiger partial charge < -0.3 is 5.11 Å². The summed E-state index contributed by atoms with van der Waals surface area (Å²) in [7, 11) is 0. The van der Waals surface area contributed by atoms with Gasteiger partial charge in [-0.2, -0.15) is 0 Å². The van der Waals surface area contributed by atoms with E-state index >= 15 is 0 Å². The molecule has 0 spiro atoms. The summed E-state index contributed by atoms with van der Waals surface area (Å²) in [5, 5.41) is 8.72. The van der Waals surface area contributed by atoms with Crippen LogP contribution in [0, 0.1) is 0 Å². The second-order valence-corrected chi connectivity index (χ2v) is 8.62. The highest BCUT2D eigenvalue weighted by atomic mass is 19.1. The number of hydrogen-bond acceptors (Lipinski definition) is 1. The van der Waals surface area contributed by atoms with Crippen molar-refractivity contribution in [3.8, 4) is 0 Å². The average Bonchev–Trinajstić information content (AvgIpc) is 2.67. The predicted molar refractivity (Wildman–Crippen MR) is 119 cm³/mol. The smallest absolute Gasteiger partial charge is 0.100 e. The molecule has 1 atom stereocenters. The minimum atomic E-state index is -0.570. The van der Waals surface area contributed by atoms with Crippen LogP contribution in [0.1, 0.15) is 148 Å². The molecule has 0 aliphatic carbocycles. The molecule has 0 amide bonds. The Balaban J connectivity index is 3.10. The fourth-order valence-corrected chi connectivity index (χ4v) is 3.89. The standard InChI is InChI=1S/C25H51FO/c1-2-3-4-5-6-7-8-9-10-11-12-13-16-19-22-25(26)23-20-17-14-15-18-21-24-27/h25,27H,2-24H2,1H3. The molecular formula is C25H51FO. The zero-order valence-corrected chi connectivity index (χ0v) is 18.7. The third-order valence-electron chi connectivity index (χ3n) is 5.80. The Morgan fingerprint density at radius 1 is 0.481 bits per heavy atom. The molecule has 0 aliphatic rings. The fraction of sp³-hybridized carbons (Fsp3) is 1.00. The topological polar surface area (TPSA) is 20.2 Å². The van der Waals surface area contributed by atoms with Crippen molar-refractivity contribution in [3.63, 3.8) is 0 Å². The molecule has 0 aromatic rings. The third kappa shape index (κ3) is 23.9. The summed E-state index contributed by atoms with van der Waals surface area (Å²) in [5.74, 6) is 0. The summed E-state index contributed by atoms with van der Waals surface area (Å²) in [4.78, 5) is 0. The molecular weight excluding hydrogens is 335 g/mol. The van der Waals surface area contributed by atoms with Crippen molar-refractivity contribution in [2.75, 3.05) is 6.61 Å². The second kappa shape index (κ2) is 23.9. The average molecular weight is 387 g/mol. The lowest BCUT2D eigenvalue weighted by Gasteiger charge is -2.08. The number of alkyl halides is 1. The summed E-state index contributed by atoms with van der Waals surface area (Å²) in [6.07, 6.45) is 26.7. The summed E-state index contributed by atoms with van der Waals surface area (Å²) in [5.41, 5.74) is 0. The van der Waals surface area contributed by atoms with Crippen LogP contribution in [0.25, 0.3) is 0 Å². The van der Waals surface area contributed by atoms with Gasteiger partial charge in [0.15, 0.2) is 0 Å². The number of halogens is 1. The van der Waals surface area contributed by atoms with E-state index in [9.17, 15) is 4.39 Å². The minimum absolute atomic E-state index is 0.311. The molecule has 0 saturated carbocycles. The zero-order valence-electron chi connectivity index (χ0n) is 18.7. The van der Waals surface area contributed by atoms with E-state index in [-0.39, 0.29) is 0 Å². The van der Waals surface area contributed by atoms with Gasteiger partial charge in [0.1, 0.15) is 6.17 Å². The molecule has 0 rings (SSSR count). The Labute approximate surface area is 170 Å². The molecule has 0 saturated heterocycles. The first-order valence-electron chi connectivity index (χ1n) is 12.6. The molecule has 2 heteroatoms. The summed E-state index contributed by atoms with van der Waals surface area (Å²) < 4.78 is 13.8. The predicted octanol–water partition coefficient (Wildman–Crippen LogP) is 8.92. The number of aliphatic hydroxyl groups is 1. The Bertz CT molecular complexity index is 257. The number of aliphatic hydroxyl groups excluding tert-OH is 1. The van der Waals surface area contributed by atoms with Crippen LogP contribution in [0.2, 0.25) is 0 Å². The van der Waals surface area contributed by atoms with E-state index in [1.165, 1.54) is 96.3 Å². The van der Waals surface area contributed by atoms with Crippen LogP contribution < -0.4 is 0 Å². The summed E-state index contributed by atoms with van der Waals surface area (Å²) in [6, 6.07) is 0. The van der Waals surface area contributed by atoms with E-state index in [1.54, 1.807) is 0 Å². The molecule has 27 heavy (non-hydrogen) atoms. The van der Waals surface area contributed by atoms with E-state index in [2.05, 4.69) is 6.92 Å². The van der Waals surface area contributed by atoms with Gasteiger partial charge in [0.2, 0.25) is 0 Å². The van der Waals surface area contributed by atoms with Crippen LogP contribution >= 0.6 is 0 Å². The first kappa shape index (κ1) is 26.9. The lowest BCUT2D eigenvalue weighted by Crippen LogP contribution is -2.00.